The molecule has 0 rings (SSSR count). The summed E-state index contributed by atoms with van der Waals surface area (Å²) < 4.78 is 0. The molecule has 0 bridgehead atoms. The Morgan fingerprint density at radius 2 is 1.17 bits per heavy atom. The molecule has 1 unspecified atom stereocenters. The fourth-order valence-electron chi connectivity index (χ4n) is 3.02. The van der Waals surface area contributed by atoms with Crippen LogP contribution in [-0.2, 0) is 9.59 Å². The van der Waals surface area contributed by atoms with Crippen molar-refractivity contribution in [3.8, 4) is 0 Å². The SMILES string of the molecule is CCCCCCCCCCCCC(N)(C(=O)O)C(=O)CCCCC. The lowest BCUT2D eigenvalue weighted by molar-refractivity contribution is -0.148. The van der Waals surface area contributed by atoms with Crippen LogP contribution in [0.2, 0.25) is 0 Å². The van der Waals surface area contributed by atoms with Crippen LogP contribution in [0.4, 0.5) is 0 Å². The fraction of sp³-hybridized carbons (Fsp3) is 0.900. The Morgan fingerprint density at radius 3 is 1.62 bits per heavy atom. The highest BCUT2D eigenvalue weighted by Crippen LogP contribution is 2.19. The fourth-order valence-corrected chi connectivity index (χ4v) is 3.02. The molecule has 0 spiro atoms. The summed E-state index contributed by atoms with van der Waals surface area (Å²) in [5, 5.41) is 9.36. The standard InChI is InChI=1S/C20H39NO3/c1-3-5-7-8-9-10-11-12-13-15-17-20(21,19(23)24)18(22)16-14-6-4-2/h3-17,21H2,1-2H3,(H,23,24). The maximum atomic E-state index is 12.2. The Morgan fingerprint density at radius 1 is 0.750 bits per heavy atom. The van der Waals surface area contributed by atoms with Crippen LogP contribution < -0.4 is 5.73 Å². The van der Waals surface area contributed by atoms with Crippen molar-refractivity contribution < 1.29 is 14.7 Å². The molecule has 0 aliphatic carbocycles. The maximum Gasteiger partial charge on any atom is 0.331 e. The van der Waals surface area contributed by atoms with Crippen LogP contribution in [0.25, 0.3) is 0 Å². The summed E-state index contributed by atoms with van der Waals surface area (Å²) in [6.07, 6.45) is 15.1. The van der Waals surface area contributed by atoms with Crippen molar-refractivity contribution in [3.05, 3.63) is 0 Å². The van der Waals surface area contributed by atoms with E-state index in [0.717, 1.165) is 38.5 Å². The highest BCUT2D eigenvalue weighted by molar-refractivity contribution is 6.07. The lowest BCUT2D eigenvalue weighted by Gasteiger charge is -2.23. The van der Waals surface area contributed by atoms with Crippen molar-refractivity contribution in [1.29, 1.82) is 0 Å². The number of carboxylic acids is 1. The van der Waals surface area contributed by atoms with Crippen LogP contribution in [0.5, 0.6) is 0 Å². The van der Waals surface area contributed by atoms with Crippen LogP contribution in [-0.4, -0.2) is 22.4 Å². The molecule has 0 saturated heterocycles. The number of ketones is 1. The van der Waals surface area contributed by atoms with Crippen LogP contribution in [0.1, 0.15) is 110 Å². The smallest absolute Gasteiger partial charge is 0.331 e. The first-order valence-electron chi connectivity index (χ1n) is 10.0. The average molecular weight is 342 g/mol. The van der Waals surface area contributed by atoms with E-state index < -0.39 is 11.5 Å². The maximum absolute atomic E-state index is 12.2. The number of nitrogens with two attached hydrogens (primary N) is 1. The summed E-state index contributed by atoms with van der Waals surface area (Å²) in [5.74, 6) is -1.47. The lowest BCUT2D eigenvalue weighted by Crippen LogP contribution is -2.54. The predicted molar refractivity (Wildman–Crippen MR) is 100 cm³/mol. The molecule has 0 aromatic carbocycles. The summed E-state index contributed by atoms with van der Waals surface area (Å²) in [5.41, 5.74) is 4.25. The van der Waals surface area contributed by atoms with Gasteiger partial charge in [0.1, 0.15) is 0 Å². The molecule has 0 aromatic heterocycles. The summed E-state index contributed by atoms with van der Waals surface area (Å²) in [7, 11) is 0. The first-order valence-corrected chi connectivity index (χ1v) is 10.0. The van der Waals surface area contributed by atoms with E-state index >= 15 is 0 Å². The summed E-state index contributed by atoms with van der Waals surface area (Å²) in [6, 6.07) is 0. The molecular weight excluding hydrogens is 302 g/mol. The zero-order chi connectivity index (χ0) is 18.3. The number of aliphatic carboxylic acids is 1. The van der Waals surface area contributed by atoms with Crippen molar-refractivity contribution in [2.45, 2.75) is 116 Å². The van der Waals surface area contributed by atoms with Crippen LogP contribution in [0.3, 0.4) is 0 Å². The molecule has 0 aliphatic rings. The first kappa shape index (κ1) is 23.1. The van der Waals surface area contributed by atoms with Gasteiger partial charge in [0.2, 0.25) is 0 Å². The number of hydrogen-bond acceptors (Lipinski definition) is 3. The van der Waals surface area contributed by atoms with E-state index in [1.54, 1.807) is 0 Å². The second-order valence-electron chi connectivity index (χ2n) is 7.09. The number of Topliss-reactive ketones (excluding diaryl/α,β-unsaturated/α-hetero) is 1. The van der Waals surface area contributed by atoms with E-state index in [1.807, 2.05) is 0 Å². The molecule has 24 heavy (non-hydrogen) atoms. The van der Waals surface area contributed by atoms with Crippen molar-refractivity contribution in [1.82, 2.24) is 0 Å². The second-order valence-corrected chi connectivity index (χ2v) is 7.09. The molecule has 0 aliphatic heterocycles. The van der Waals surface area contributed by atoms with Gasteiger partial charge in [-0.15, -0.1) is 0 Å². The Bertz CT molecular complexity index is 344. The van der Waals surface area contributed by atoms with Crippen molar-refractivity contribution in [3.63, 3.8) is 0 Å². The second kappa shape index (κ2) is 14.4. The van der Waals surface area contributed by atoms with Crippen molar-refractivity contribution in [2.24, 2.45) is 5.73 Å². The van der Waals surface area contributed by atoms with Crippen LogP contribution in [0.15, 0.2) is 0 Å². The Labute approximate surface area is 148 Å². The van der Waals surface area contributed by atoms with E-state index in [-0.39, 0.29) is 18.6 Å². The minimum atomic E-state index is -1.67. The minimum absolute atomic E-state index is 0.268. The number of unbranched alkanes of at least 4 members (excludes halogenated alkanes) is 11. The lowest BCUT2D eigenvalue weighted by atomic mass is 9.86. The van der Waals surface area contributed by atoms with Gasteiger partial charge in [0.05, 0.1) is 0 Å². The van der Waals surface area contributed by atoms with E-state index in [9.17, 15) is 14.7 Å². The van der Waals surface area contributed by atoms with Gasteiger partial charge in [-0.1, -0.05) is 90.9 Å². The number of rotatable bonds is 17. The summed E-state index contributed by atoms with van der Waals surface area (Å²) in [6.45, 7) is 4.28. The molecule has 0 fully saturated rings. The van der Waals surface area contributed by atoms with Gasteiger partial charge in [-0.05, 0) is 12.8 Å². The molecule has 1 atom stereocenters. The number of hydrogen-bond donors (Lipinski definition) is 2. The molecule has 0 radical (unpaired) electrons. The Hall–Kier alpha value is -0.900. The Balaban J connectivity index is 3.89. The van der Waals surface area contributed by atoms with Gasteiger partial charge in [0, 0.05) is 6.42 Å². The first-order chi connectivity index (χ1) is 11.5. The van der Waals surface area contributed by atoms with Gasteiger partial charge in [-0.25, -0.2) is 4.79 Å². The third kappa shape index (κ3) is 10.1. The van der Waals surface area contributed by atoms with E-state index in [4.69, 9.17) is 5.73 Å². The topological polar surface area (TPSA) is 80.4 Å². The van der Waals surface area contributed by atoms with Gasteiger partial charge in [-0.2, -0.15) is 0 Å². The average Bonchev–Trinajstić information content (AvgIpc) is 2.56. The number of carbonyl (C=O) groups is 2. The zero-order valence-corrected chi connectivity index (χ0v) is 15.9. The van der Waals surface area contributed by atoms with Crippen LogP contribution in [0, 0.1) is 0 Å². The molecule has 4 heteroatoms. The highest BCUT2D eigenvalue weighted by atomic mass is 16.4. The largest absolute Gasteiger partial charge is 0.480 e. The zero-order valence-electron chi connectivity index (χ0n) is 15.9. The predicted octanol–water partition coefficient (Wildman–Crippen LogP) is 5.23. The number of carbonyl (C=O) groups excluding carboxylic acids is 1. The normalized spacial score (nSPS) is 13.6. The van der Waals surface area contributed by atoms with E-state index in [0.29, 0.717) is 0 Å². The van der Waals surface area contributed by atoms with Gasteiger partial charge in [0.25, 0.3) is 0 Å². The van der Waals surface area contributed by atoms with Crippen molar-refractivity contribution >= 4 is 11.8 Å². The Kier molecular flexibility index (Phi) is 13.9. The van der Waals surface area contributed by atoms with E-state index in [2.05, 4.69) is 13.8 Å². The highest BCUT2D eigenvalue weighted by Gasteiger charge is 2.40. The monoisotopic (exact) mass is 341 g/mol. The van der Waals surface area contributed by atoms with Gasteiger partial charge in [0.15, 0.2) is 11.3 Å². The van der Waals surface area contributed by atoms with Crippen molar-refractivity contribution in [2.75, 3.05) is 0 Å². The molecule has 0 aromatic rings. The number of carboxylic acid groups (broad SMARTS) is 1. The molecule has 0 amide bonds. The van der Waals surface area contributed by atoms with Gasteiger partial charge >= 0.3 is 5.97 Å². The third-order valence-corrected chi connectivity index (χ3v) is 4.81. The molecule has 142 valence electrons. The summed E-state index contributed by atoms with van der Waals surface area (Å²) in [4.78, 5) is 23.6. The van der Waals surface area contributed by atoms with Gasteiger partial charge in [-0.3, -0.25) is 4.79 Å². The third-order valence-electron chi connectivity index (χ3n) is 4.81. The minimum Gasteiger partial charge on any atom is -0.480 e. The molecule has 0 heterocycles. The molecule has 3 N–H and O–H groups in total. The molecule has 4 nitrogen and oxygen atoms in total. The van der Waals surface area contributed by atoms with Gasteiger partial charge < -0.3 is 10.8 Å². The summed E-state index contributed by atoms with van der Waals surface area (Å²) >= 11 is 0. The molecule has 0 saturated carbocycles. The quantitative estimate of drug-likeness (QED) is 0.280. The van der Waals surface area contributed by atoms with E-state index in [1.165, 1.54) is 44.9 Å². The van der Waals surface area contributed by atoms with Crippen LogP contribution >= 0.6 is 0 Å². The molecular formula is C20H39NO3.